The number of aliphatic carboxylic acids is 1. The van der Waals surface area contributed by atoms with Gasteiger partial charge in [-0.05, 0) is 36.4 Å². The van der Waals surface area contributed by atoms with E-state index in [1.165, 1.54) is 24.3 Å². The number of hydrogen-bond acceptors (Lipinski definition) is 7. The van der Waals surface area contributed by atoms with E-state index in [0.29, 0.717) is 11.5 Å². The van der Waals surface area contributed by atoms with Crippen molar-refractivity contribution in [2.45, 2.75) is 29.2 Å². The predicted molar refractivity (Wildman–Crippen MR) is 95.8 cm³/mol. The van der Waals surface area contributed by atoms with Gasteiger partial charge < -0.3 is 25.2 Å². The minimum atomic E-state index is -4.55. The molecule has 10 heteroatoms. The number of para-hydroxylation sites is 1. The Hall–Kier alpha value is -2.50. The van der Waals surface area contributed by atoms with Crippen molar-refractivity contribution in [2.75, 3.05) is 6.54 Å². The Kier molecular flexibility index (Phi) is 5.17. The summed E-state index contributed by atoms with van der Waals surface area (Å²) in [6.07, 6.45) is -1.17. The molecule has 1 unspecified atom stereocenters. The predicted octanol–water partition coefficient (Wildman–Crippen LogP) is 0.718. The molecule has 2 aromatic rings. The minimum absolute atomic E-state index is 0.193. The number of aliphatic hydroxyl groups is 3. The Balaban J connectivity index is 1.91. The zero-order chi connectivity index (χ0) is 20.6. The number of nitrogens with zero attached hydrogens (tertiary/aromatic N) is 1. The summed E-state index contributed by atoms with van der Waals surface area (Å²) in [6.45, 7) is -0.986. The highest BCUT2D eigenvalue weighted by Gasteiger charge is 2.55. The van der Waals surface area contributed by atoms with Crippen LogP contribution in [0.3, 0.4) is 0 Å². The van der Waals surface area contributed by atoms with Gasteiger partial charge in [0.25, 0.3) is 0 Å². The summed E-state index contributed by atoms with van der Waals surface area (Å²) in [6, 6.07) is 13.9. The van der Waals surface area contributed by atoms with Gasteiger partial charge in [0.05, 0.1) is 11.4 Å². The number of piperidine rings is 1. The lowest BCUT2D eigenvalue weighted by Gasteiger charge is -2.43. The van der Waals surface area contributed by atoms with Crippen molar-refractivity contribution >= 4 is 16.0 Å². The molecule has 28 heavy (non-hydrogen) atoms. The molecule has 1 aliphatic heterocycles. The van der Waals surface area contributed by atoms with E-state index in [4.69, 9.17) is 4.74 Å². The van der Waals surface area contributed by atoms with Crippen LogP contribution in [0.2, 0.25) is 0 Å². The van der Waals surface area contributed by atoms with E-state index < -0.39 is 46.9 Å². The fourth-order valence-electron chi connectivity index (χ4n) is 2.87. The van der Waals surface area contributed by atoms with Crippen LogP contribution in [-0.2, 0) is 14.8 Å². The largest absolute Gasteiger partial charge is 0.478 e. The molecule has 0 spiro atoms. The van der Waals surface area contributed by atoms with Crippen LogP contribution in [-0.4, -0.2) is 57.2 Å². The Labute approximate surface area is 161 Å². The molecule has 0 amide bonds. The first kappa shape index (κ1) is 20.2. The highest BCUT2D eigenvalue weighted by atomic mass is 32.2. The molecule has 150 valence electrons. The molecule has 0 saturated carbocycles. The number of β-amino-alcohol motifs (C(OH)–C–C–N with tert-alkyl or cyclic N) is 2. The molecule has 1 saturated heterocycles. The first-order chi connectivity index (χ1) is 13.0. The van der Waals surface area contributed by atoms with Crippen molar-refractivity contribution in [3.63, 3.8) is 0 Å². The molecule has 1 heterocycles. The minimum Gasteiger partial charge on any atom is -0.478 e. The highest BCUT2D eigenvalue weighted by Crippen LogP contribution is 2.36. The molecule has 1 aliphatic rings. The maximum absolute atomic E-state index is 12.9. The topological polar surface area (TPSA) is 145 Å². The van der Waals surface area contributed by atoms with Gasteiger partial charge in [-0.3, -0.25) is 0 Å². The second-order valence-electron chi connectivity index (χ2n) is 6.50. The standard InChI is InChI=1S/C18H19NO8S/c20-16(21)18(24)11-10-17(22,23)12-19(18)28(25,26)15-8-6-14(7-9-15)27-13-4-2-1-3-5-13/h1-9,22-24H,10-12H2,(H,20,21). The van der Waals surface area contributed by atoms with Gasteiger partial charge in [-0.15, -0.1) is 0 Å². The summed E-state index contributed by atoms with van der Waals surface area (Å²) in [5.41, 5.74) is -2.78. The number of sulfonamides is 1. The SMILES string of the molecule is O=C(O)C1(O)CCC(O)(O)CN1S(=O)(=O)c1ccc(Oc2ccccc2)cc1. The lowest BCUT2D eigenvalue weighted by Crippen LogP contribution is -2.65. The van der Waals surface area contributed by atoms with Gasteiger partial charge in [0.2, 0.25) is 15.7 Å². The van der Waals surface area contributed by atoms with E-state index in [9.17, 15) is 33.6 Å². The quantitative estimate of drug-likeness (QED) is 0.529. The van der Waals surface area contributed by atoms with Crippen molar-refractivity contribution in [1.82, 2.24) is 4.31 Å². The maximum atomic E-state index is 12.9. The summed E-state index contributed by atoms with van der Waals surface area (Å²) in [5.74, 6) is -3.36. The van der Waals surface area contributed by atoms with Crippen LogP contribution in [0.5, 0.6) is 11.5 Å². The van der Waals surface area contributed by atoms with Crippen molar-refractivity contribution in [1.29, 1.82) is 0 Å². The van der Waals surface area contributed by atoms with Gasteiger partial charge in [-0.2, -0.15) is 4.31 Å². The molecule has 0 aliphatic carbocycles. The van der Waals surface area contributed by atoms with E-state index in [2.05, 4.69) is 0 Å². The zero-order valence-electron chi connectivity index (χ0n) is 14.6. The molecule has 0 radical (unpaired) electrons. The van der Waals surface area contributed by atoms with Crippen LogP contribution in [0.25, 0.3) is 0 Å². The van der Waals surface area contributed by atoms with Crippen LogP contribution in [0.1, 0.15) is 12.8 Å². The lowest BCUT2D eigenvalue weighted by atomic mass is 9.97. The van der Waals surface area contributed by atoms with Gasteiger partial charge in [-0.1, -0.05) is 18.2 Å². The molecule has 1 fully saturated rings. The molecule has 0 bridgehead atoms. The summed E-state index contributed by atoms with van der Waals surface area (Å²) in [4.78, 5) is 11.2. The van der Waals surface area contributed by atoms with Gasteiger partial charge in [0.1, 0.15) is 11.5 Å². The summed E-state index contributed by atoms with van der Waals surface area (Å²) in [5, 5.41) is 39.3. The molecular weight excluding hydrogens is 390 g/mol. The monoisotopic (exact) mass is 409 g/mol. The molecule has 2 aromatic carbocycles. The Bertz CT molecular complexity index is 959. The second-order valence-corrected chi connectivity index (χ2v) is 8.36. The van der Waals surface area contributed by atoms with Crippen LogP contribution >= 0.6 is 0 Å². The Morgan fingerprint density at radius 1 is 0.929 bits per heavy atom. The first-order valence-electron chi connectivity index (χ1n) is 8.31. The third-order valence-electron chi connectivity index (χ3n) is 4.42. The maximum Gasteiger partial charge on any atom is 0.352 e. The van der Waals surface area contributed by atoms with Crippen LogP contribution in [0.15, 0.2) is 59.5 Å². The Morgan fingerprint density at radius 2 is 1.50 bits per heavy atom. The molecule has 1 atom stereocenters. The second kappa shape index (κ2) is 7.15. The smallest absolute Gasteiger partial charge is 0.352 e. The molecule has 0 aromatic heterocycles. The summed E-state index contributed by atoms with van der Waals surface area (Å²) in [7, 11) is -4.55. The normalized spacial score (nSPS) is 22.5. The fourth-order valence-corrected chi connectivity index (χ4v) is 4.55. The van der Waals surface area contributed by atoms with E-state index in [0.717, 1.165) is 0 Å². The number of carboxylic acids is 1. The third-order valence-corrected chi connectivity index (χ3v) is 6.30. The lowest BCUT2D eigenvalue weighted by molar-refractivity contribution is -0.236. The summed E-state index contributed by atoms with van der Waals surface area (Å²) < 4.78 is 31.6. The van der Waals surface area contributed by atoms with Crippen LogP contribution < -0.4 is 4.74 Å². The number of rotatable bonds is 5. The number of ether oxygens (including phenoxy) is 1. The first-order valence-corrected chi connectivity index (χ1v) is 9.75. The number of carboxylic acid groups (broad SMARTS) is 1. The number of carbonyl (C=O) groups is 1. The highest BCUT2D eigenvalue weighted by molar-refractivity contribution is 7.89. The third kappa shape index (κ3) is 3.86. The van der Waals surface area contributed by atoms with Crippen molar-refractivity contribution in [3.05, 3.63) is 54.6 Å². The number of benzene rings is 2. The van der Waals surface area contributed by atoms with Crippen LogP contribution in [0, 0.1) is 0 Å². The van der Waals surface area contributed by atoms with Gasteiger partial charge >= 0.3 is 5.97 Å². The van der Waals surface area contributed by atoms with Crippen molar-refractivity contribution < 1.29 is 38.4 Å². The molecular formula is C18H19NO8S. The van der Waals surface area contributed by atoms with Crippen molar-refractivity contribution in [3.8, 4) is 11.5 Å². The summed E-state index contributed by atoms with van der Waals surface area (Å²) >= 11 is 0. The van der Waals surface area contributed by atoms with E-state index in [-0.39, 0.29) is 9.20 Å². The van der Waals surface area contributed by atoms with Crippen LogP contribution in [0.4, 0.5) is 0 Å². The van der Waals surface area contributed by atoms with Crippen molar-refractivity contribution in [2.24, 2.45) is 0 Å². The molecule has 4 N–H and O–H groups in total. The van der Waals surface area contributed by atoms with E-state index in [1.54, 1.807) is 24.3 Å². The van der Waals surface area contributed by atoms with Gasteiger partial charge in [0.15, 0.2) is 5.79 Å². The van der Waals surface area contributed by atoms with E-state index in [1.807, 2.05) is 6.07 Å². The zero-order valence-corrected chi connectivity index (χ0v) is 15.4. The molecule has 9 nitrogen and oxygen atoms in total. The molecule has 3 rings (SSSR count). The average molecular weight is 409 g/mol. The van der Waals surface area contributed by atoms with E-state index >= 15 is 0 Å². The average Bonchev–Trinajstić information content (AvgIpc) is 2.65. The van der Waals surface area contributed by atoms with Gasteiger partial charge in [0, 0.05) is 12.8 Å². The van der Waals surface area contributed by atoms with Gasteiger partial charge in [-0.25, -0.2) is 13.2 Å². The number of hydrogen-bond donors (Lipinski definition) is 4. The Morgan fingerprint density at radius 3 is 2.07 bits per heavy atom. The fraction of sp³-hybridized carbons (Fsp3) is 0.278.